The van der Waals surface area contributed by atoms with Crippen molar-refractivity contribution in [3.8, 4) is 28.1 Å². The van der Waals surface area contributed by atoms with Gasteiger partial charge < -0.3 is 24.6 Å². The van der Waals surface area contributed by atoms with Crippen molar-refractivity contribution in [3.05, 3.63) is 60.7 Å². The third-order valence-electron chi connectivity index (χ3n) is 7.21. The van der Waals surface area contributed by atoms with Gasteiger partial charge in [0.1, 0.15) is 6.10 Å². The molecule has 1 atom stereocenters. The maximum absolute atomic E-state index is 12.2. The Labute approximate surface area is 221 Å². The van der Waals surface area contributed by atoms with Crippen LogP contribution in [0.4, 0.5) is 5.69 Å². The van der Waals surface area contributed by atoms with Crippen LogP contribution in [0.5, 0.6) is 5.88 Å². The van der Waals surface area contributed by atoms with E-state index in [9.17, 15) is 4.79 Å². The smallest absolute Gasteiger partial charge is 0.252 e. The maximum Gasteiger partial charge on any atom is 0.252 e. The number of amides is 1. The summed E-state index contributed by atoms with van der Waals surface area (Å²) in [6, 6.07) is 10.4. The lowest BCUT2D eigenvalue weighted by atomic mass is 10.1. The second-order valence-corrected chi connectivity index (χ2v) is 9.77. The fraction of sp³-hybridized carbons (Fsp3) is 0.357. The van der Waals surface area contributed by atoms with Gasteiger partial charge in [0.2, 0.25) is 5.88 Å². The van der Waals surface area contributed by atoms with Crippen molar-refractivity contribution in [3.63, 3.8) is 0 Å². The first-order valence-electron chi connectivity index (χ1n) is 12.9. The number of nitrogens with one attached hydrogen (secondary N) is 1. The molecular weight excluding hydrogens is 482 g/mol. The van der Waals surface area contributed by atoms with Crippen LogP contribution in [0.2, 0.25) is 0 Å². The molecule has 1 N–H and O–H groups in total. The van der Waals surface area contributed by atoms with E-state index in [2.05, 4.69) is 56.5 Å². The van der Waals surface area contributed by atoms with Gasteiger partial charge in [-0.25, -0.2) is 4.52 Å². The van der Waals surface area contributed by atoms with Gasteiger partial charge in [0.05, 0.1) is 30.5 Å². The molecule has 3 aromatic heterocycles. The molecule has 196 valence electrons. The Morgan fingerprint density at radius 2 is 1.87 bits per heavy atom. The number of pyridine rings is 1. The van der Waals surface area contributed by atoms with Gasteiger partial charge in [-0.2, -0.15) is 10.1 Å². The van der Waals surface area contributed by atoms with Gasteiger partial charge in [0.25, 0.3) is 5.91 Å². The number of carbonyl (C=O) groups excluding carboxylic acids is 1. The van der Waals surface area contributed by atoms with E-state index in [1.54, 1.807) is 36.2 Å². The van der Waals surface area contributed by atoms with Crippen molar-refractivity contribution in [1.29, 1.82) is 0 Å². The Hall–Kier alpha value is -4.02. The highest BCUT2D eigenvalue weighted by atomic mass is 16.5. The minimum absolute atomic E-state index is 0.0575. The molecule has 2 aliphatic heterocycles. The number of ether oxygens (including phenoxy) is 2. The molecule has 2 fully saturated rings. The second kappa shape index (κ2) is 10.4. The maximum atomic E-state index is 12.2. The van der Waals surface area contributed by atoms with Crippen molar-refractivity contribution in [2.75, 3.05) is 58.4 Å². The van der Waals surface area contributed by atoms with E-state index in [-0.39, 0.29) is 12.0 Å². The predicted octanol–water partition coefficient (Wildman–Crippen LogP) is 2.74. The second-order valence-electron chi connectivity index (χ2n) is 9.77. The molecule has 1 aromatic carbocycles. The van der Waals surface area contributed by atoms with Crippen molar-refractivity contribution in [1.82, 2.24) is 29.8 Å². The SMILES string of the molecule is CNC(=O)c1cncc(-c2cnn3cc(-c4ccc(N5CCN(C)CC5)cc4)c(OC4CCOC4)nc23)c1. The highest BCUT2D eigenvalue weighted by Gasteiger charge is 2.23. The minimum atomic E-state index is -0.198. The van der Waals surface area contributed by atoms with Gasteiger partial charge in [-0.3, -0.25) is 9.78 Å². The number of nitrogens with zero attached hydrogens (tertiary/aromatic N) is 6. The molecule has 2 saturated heterocycles. The van der Waals surface area contributed by atoms with Crippen molar-refractivity contribution < 1.29 is 14.3 Å². The summed E-state index contributed by atoms with van der Waals surface area (Å²) in [4.78, 5) is 26.1. The molecule has 1 amide bonds. The average molecular weight is 514 g/mol. The number of rotatable bonds is 6. The van der Waals surface area contributed by atoms with E-state index in [0.29, 0.717) is 30.3 Å². The lowest BCUT2D eigenvalue weighted by Crippen LogP contribution is -2.44. The number of likely N-dealkylation sites (N-methyl/N-ethyl adjacent to an activating group) is 1. The lowest BCUT2D eigenvalue weighted by Gasteiger charge is -2.34. The molecule has 38 heavy (non-hydrogen) atoms. The monoisotopic (exact) mass is 513 g/mol. The number of hydrogen-bond donors (Lipinski definition) is 1. The Morgan fingerprint density at radius 1 is 1.05 bits per heavy atom. The van der Waals surface area contributed by atoms with Crippen LogP contribution in [0.25, 0.3) is 27.9 Å². The molecule has 6 rings (SSSR count). The molecule has 0 spiro atoms. The number of aromatic nitrogens is 4. The molecule has 0 saturated carbocycles. The molecule has 0 radical (unpaired) electrons. The fourth-order valence-corrected chi connectivity index (χ4v) is 4.92. The first kappa shape index (κ1) is 24.3. The summed E-state index contributed by atoms with van der Waals surface area (Å²) in [6.45, 7) is 5.38. The number of fused-ring (bicyclic) bond motifs is 1. The number of hydrogen-bond acceptors (Lipinski definition) is 8. The van der Waals surface area contributed by atoms with Gasteiger partial charge in [0.15, 0.2) is 5.65 Å². The van der Waals surface area contributed by atoms with Gasteiger partial charge >= 0.3 is 0 Å². The highest BCUT2D eigenvalue weighted by molar-refractivity contribution is 5.95. The fourth-order valence-electron chi connectivity index (χ4n) is 4.92. The van der Waals surface area contributed by atoms with E-state index < -0.39 is 0 Å². The Balaban J connectivity index is 1.38. The van der Waals surface area contributed by atoms with Crippen LogP contribution in [0.3, 0.4) is 0 Å². The van der Waals surface area contributed by atoms with Gasteiger partial charge in [-0.05, 0) is 30.8 Å². The average Bonchev–Trinajstić information content (AvgIpc) is 3.63. The van der Waals surface area contributed by atoms with Crippen molar-refractivity contribution >= 4 is 17.2 Å². The third kappa shape index (κ3) is 4.80. The van der Waals surface area contributed by atoms with Crippen LogP contribution < -0.4 is 15.0 Å². The molecule has 4 aromatic rings. The molecule has 10 nitrogen and oxygen atoms in total. The summed E-state index contributed by atoms with van der Waals surface area (Å²) in [6.07, 6.45) is 7.71. The van der Waals surface area contributed by atoms with Crippen LogP contribution in [-0.4, -0.2) is 90.0 Å². The van der Waals surface area contributed by atoms with E-state index >= 15 is 0 Å². The summed E-state index contributed by atoms with van der Waals surface area (Å²) >= 11 is 0. The standard InChI is InChI=1S/C28H31N7O3/c1-29-27(36)21-13-20(14-30-15-21)24-16-31-35-17-25(28(32-26(24)35)38-23-7-12-37-18-23)19-3-5-22(6-4-19)34-10-8-33(2)9-11-34/h3-6,13-17,23H,7-12,18H2,1-2H3,(H,29,36). The zero-order valence-electron chi connectivity index (χ0n) is 21.6. The van der Waals surface area contributed by atoms with Crippen molar-refractivity contribution in [2.24, 2.45) is 0 Å². The number of piperazine rings is 1. The summed E-state index contributed by atoms with van der Waals surface area (Å²) in [5.74, 6) is 0.342. The Bertz CT molecular complexity index is 1440. The third-order valence-corrected chi connectivity index (χ3v) is 7.21. The van der Waals surface area contributed by atoms with Crippen LogP contribution in [0.1, 0.15) is 16.8 Å². The van der Waals surface area contributed by atoms with Gasteiger partial charge in [-0.1, -0.05) is 12.1 Å². The molecule has 1 unspecified atom stereocenters. The zero-order chi connectivity index (χ0) is 26.1. The molecular formula is C28H31N7O3. The summed E-state index contributed by atoms with van der Waals surface area (Å²) in [7, 11) is 3.76. The minimum Gasteiger partial charge on any atom is -0.471 e. The zero-order valence-corrected chi connectivity index (χ0v) is 21.6. The summed E-state index contributed by atoms with van der Waals surface area (Å²) in [5.41, 5.74) is 5.72. The largest absolute Gasteiger partial charge is 0.471 e. The van der Waals surface area contributed by atoms with Gasteiger partial charge in [-0.15, -0.1) is 0 Å². The topological polar surface area (TPSA) is 97.1 Å². The first-order valence-corrected chi connectivity index (χ1v) is 12.9. The van der Waals surface area contributed by atoms with Crippen molar-refractivity contribution in [2.45, 2.75) is 12.5 Å². The van der Waals surface area contributed by atoms with E-state index in [1.165, 1.54) is 5.69 Å². The van der Waals surface area contributed by atoms with Crippen LogP contribution in [0, 0.1) is 0 Å². The van der Waals surface area contributed by atoms with E-state index in [0.717, 1.165) is 54.9 Å². The Kier molecular flexibility index (Phi) is 6.65. The molecule has 0 bridgehead atoms. The normalized spacial score (nSPS) is 18.2. The lowest BCUT2D eigenvalue weighted by molar-refractivity contribution is 0.0962. The van der Waals surface area contributed by atoms with Crippen LogP contribution >= 0.6 is 0 Å². The molecule has 2 aliphatic rings. The molecule has 0 aliphatic carbocycles. The molecule has 10 heteroatoms. The highest BCUT2D eigenvalue weighted by Crippen LogP contribution is 2.34. The Morgan fingerprint density at radius 3 is 2.61 bits per heavy atom. The molecule has 5 heterocycles. The summed E-state index contributed by atoms with van der Waals surface area (Å²) < 4.78 is 13.7. The van der Waals surface area contributed by atoms with Crippen LogP contribution in [-0.2, 0) is 4.74 Å². The number of anilines is 1. The first-order chi connectivity index (χ1) is 18.6. The number of carbonyl (C=O) groups is 1. The van der Waals surface area contributed by atoms with Gasteiger partial charge in [0, 0.05) is 75.1 Å². The summed E-state index contributed by atoms with van der Waals surface area (Å²) in [5, 5.41) is 7.22. The van der Waals surface area contributed by atoms with E-state index in [4.69, 9.17) is 14.5 Å². The number of benzene rings is 1. The van der Waals surface area contributed by atoms with E-state index in [1.807, 2.05) is 6.20 Å². The quantitative estimate of drug-likeness (QED) is 0.421. The predicted molar refractivity (Wildman–Crippen MR) is 145 cm³/mol. The van der Waals surface area contributed by atoms with Crippen LogP contribution in [0.15, 0.2) is 55.1 Å².